The van der Waals surface area contributed by atoms with E-state index in [0.29, 0.717) is 6.42 Å². The first-order valence-corrected chi connectivity index (χ1v) is 6.82. The molecule has 1 heterocycles. The lowest BCUT2D eigenvalue weighted by atomic mass is 9.75. The zero-order chi connectivity index (χ0) is 13.6. The van der Waals surface area contributed by atoms with E-state index in [-0.39, 0.29) is 5.41 Å². The minimum absolute atomic E-state index is 0.218. The Balaban J connectivity index is 1.95. The average Bonchev–Trinajstić information content (AvgIpc) is 2.48. The molecule has 0 saturated carbocycles. The molecule has 0 radical (unpaired) electrons. The summed E-state index contributed by atoms with van der Waals surface area (Å²) in [5.74, 6) is 0. The predicted molar refractivity (Wildman–Crippen MR) is 74.1 cm³/mol. The maximum Gasteiger partial charge on any atom is 0.0694 e. The standard InChI is InChI=1S/C16H19N3/c17-9-4-10-19-11-7-16(14-18,8-12-19)13-15-5-2-1-3-6-15/h1-3,5-6H,4,7-8,10-13H2. The Bertz CT molecular complexity index is 473. The fraction of sp³-hybridized carbons (Fsp3) is 0.500. The summed E-state index contributed by atoms with van der Waals surface area (Å²) >= 11 is 0. The molecule has 0 spiro atoms. The van der Waals surface area contributed by atoms with Crippen LogP contribution in [0.1, 0.15) is 24.8 Å². The highest BCUT2D eigenvalue weighted by molar-refractivity contribution is 5.20. The Kier molecular flexibility index (Phi) is 4.55. The molecule has 1 aromatic rings. The third-order valence-corrected chi connectivity index (χ3v) is 3.98. The first-order valence-electron chi connectivity index (χ1n) is 6.82. The van der Waals surface area contributed by atoms with Gasteiger partial charge in [-0.15, -0.1) is 0 Å². The molecule has 0 unspecified atom stereocenters. The van der Waals surface area contributed by atoms with Crippen LogP contribution >= 0.6 is 0 Å². The van der Waals surface area contributed by atoms with Crippen molar-refractivity contribution >= 4 is 0 Å². The summed E-state index contributed by atoms with van der Waals surface area (Å²) in [5, 5.41) is 18.2. The highest BCUT2D eigenvalue weighted by Crippen LogP contribution is 2.34. The highest BCUT2D eigenvalue weighted by Gasteiger charge is 2.34. The van der Waals surface area contributed by atoms with Crippen molar-refractivity contribution in [2.45, 2.75) is 25.7 Å². The monoisotopic (exact) mass is 253 g/mol. The van der Waals surface area contributed by atoms with Crippen LogP contribution in [-0.4, -0.2) is 24.5 Å². The van der Waals surface area contributed by atoms with E-state index in [1.807, 2.05) is 18.2 Å². The third-order valence-electron chi connectivity index (χ3n) is 3.98. The van der Waals surface area contributed by atoms with Gasteiger partial charge in [0.1, 0.15) is 0 Å². The normalized spacial score (nSPS) is 18.4. The van der Waals surface area contributed by atoms with Gasteiger partial charge in [0.2, 0.25) is 0 Å². The molecule has 0 bridgehead atoms. The molecule has 19 heavy (non-hydrogen) atoms. The van der Waals surface area contributed by atoms with Gasteiger partial charge in [-0.1, -0.05) is 30.3 Å². The summed E-state index contributed by atoms with van der Waals surface area (Å²) in [6, 6.07) is 15.0. The van der Waals surface area contributed by atoms with Crippen LogP contribution in [0.5, 0.6) is 0 Å². The number of piperidine rings is 1. The van der Waals surface area contributed by atoms with Gasteiger partial charge >= 0.3 is 0 Å². The van der Waals surface area contributed by atoms with Crippen LogP contribution in [-0.2, 0) is 6.42 Å². The van der Waals surface area contributed by atoms with Crippen molar-refractivity contribution in [1.29, 1.82) is 10.5 Å². The van der Waals surface area contributed by atoms with Crippen molar-refractivity contribution in [3.05, 3.63) is 35.9 Å². The lowest BCUT2D eigenvalue weighted by molar-refractivity contribution is 0.147. The SMILES string of the molecule is N#CCCN1CCC(C#N)(Cc2ccccc2)CC1. The van der Waals surface area contributed by atoms with Crippen LogP contribution < -0.4 is 0 Å². The van der Waals surface area contributed by atoms with Crippen molar-refractivity contribution in [3.63, 3.8) is 0 Å². The molecule has 1 saturated heterocycles. The van der Waals surface area contributed by atoms with Crippen molar-refractivity contribution in [3.8, 4) is 12.1 Å². The van der Waals surface area contributed by atoms with E-state index >= 15 is 0 Å². The Morgan fingerprint density at radius 1 is 1.11 bits per heavy atom. The van der Waals surface area contributed by atoms with E-state index in [9.17, 15) is 5.26 Å². The van der Waals surface area contributed by atoms with Gasteiger partial charge in [0.15, 0.2) is 0 Å². The van der Waals surface area contributed by atoms with Gasteiger partial charge in [0, 0.05) is 13.0 Å². The molecule has 1 aromatic carbocycles. The molecule has 1 fully saturated rings. The maximum atomic E-state index is 9.54. The average molecular weight is 253 g/mol. The lowest BCUT2D eigenvalue weighted by Crippen LogP contribution is -2.40. The predicted octanol–water partition coefficient (Wildman–Crippen LogP) is 2.75. The number of benzene rings is 1. The number of nitriles is 2. The minimum atomic E-state index is -0.218. The van der Waals surface area contributed by atoms with Gasteiger partial charge in [0.25, 0.3) is 0 Å². The Labute approximate surface area is 115 Å². The van der Waals surface area contributed by atoms with Crippen molar-refractivity contribution in [2.75, 3.05) is 19.6 Å². The van der Waals surface area contributed by atoms with E-state index in [2.05, 4.69) is 29.2 Å². The second-order valence-corrected chi connectivity index (χ2v) is 5.30. The molecule has 1 aliphatic rings. The Morgan fingerprint density at radius 2 is 1.79 bits per heavy atom. The summed E-state index contributed by atoms with van der Waals surface area (Å²) in [4.78, 5) is 2.30. The number of rotatable bonds is 4. The molecule has 0 atom stereocenters. The van der Waals surface area contributed by atoms with Gasteiger partial charge in [-0.2, -0.15) is 10.5 Å². The minimum Gasteiger partial charge on any atom is -0.302 e. The van der Waals surface area contributed by atoms with Crippen LogP contribution in [0.2, 0.25) is 0 Å². The molecule has 3 nitrogen and oxygen atoms in total. The molecule has 2 rings (SSSR count). The van der Waals surface area contributed by atoms with E-state index in [0.717, 1.165) is 38.9 Å². The maximum absolute atomic E-state index is 9.54. The fourth-order valence-electron chi connectivity index (χ4n) is 2.73. The van der Waals surface area contributed by atoms with E-state index in [1.54, 1.807) is 0 Å². The molecular formula is C16H19N3. The van der Waals surface area contributed by atoms with E-state index in [1.165, 1.54) is 5.56 Å². The topological polar surface area (TPSA) is 50.8 Å². The largest absolute Gasteiger partial charge is 0.302 e. The highest BCUT2D eigenvalue weighted by atomic mass is 15.1. The molecule has 1 aliphatic heterocycles. The summed E-state index contributed by atoms with van der Waals surface area (Å²) in [6.45, 7) is 2.70. The molecule has 98 valence electrons. The lowest BCUT2D eigenvalue weighted by Gasteiger charge is -2.37. The molecule has 3 heteroatoms. The van der Waals surface area contributed by atoms with Gasteiger partial charge < -0.3 is 4.90 Å². The summed E-state index contributed by atoms with van der Waals surface area (Å²) in [6.07, 6.45) is 3.24. The number of nitrogens with zero attached hydrogens (tertiary/aromatic N) is 3. The Hall–Kier alpha value is -1.84. The third kappa shape index (κ3) is 3.56. The van der Waals surface area contributed by atoms with E-state index in [4.69, 9.17) is 5.26 Å². The number of likely N-dealkylation sites (tertiary alicyclic amines) is 1. The first-order chi connectivity index (χ1) is 9.28. The first kappa shape index (κ1) is 13.6. The second-order valence-electron chi connectivity index (χ2n) is 5.30. The van der Waals surface area contributed by atoms with Gasteiger partial charge in [-0.3, -0.25) is 0 Å². The van der Waals surface area contributed by atoms with Crippen molar-refractivity contribution in [2.24, 2.45) is 5.41 Å². The van der Waals surface area contributed by atoms with Gasteiger partial charge in [-0.05, 0) is 37.9 Å². The van der Waals surface area contributed by atoms with Crippen molar-refractivity contribution in [1.82, 2.24) is 4.90 Å². The van der Waals surface area contributed by atoms with Crippen LogP contribution in [0.3, 0.4) is 0 Å². The molecule has 0 amide bonds. The Morgan fingerprint density at radius 3 is 2.37 bits per heavy atom. The smallest absolute Gasteiger partial charge is 0.0694 e. The quantitative estimate of drug-likeness (QED) is 0.829. The zero-order valence-electron chi connectivity index (χ0n) is 11.2. The molecule has 0 aliphatic carbocycles. The van der Waals surface area contributed by atoms with E-state index < -0.39 is 0 Å². The van der Waals surface area contributed by atoms with Crippen molar-refractivity contribution < 1.29 is 0 Å². The van der Waals surface area contributed by atoms with Gasteiger partial charge in [0.05, 0.1) is 17.6 Å². The number of hydrogen-bond donors (Lipinski definition) is 0. The second kappa shape index (κ2) is 6.36. The van der Waals surface area contributed by atoms with Crippen LogP contribution in [0.15, 0.2) is 30.3 Å². The zero-order valence-corrected chi connectivity index (χ0v) is 11.2. The molecule has 0 aromatic heterocycles. The van der Waals surface area contributed by atoms with Crippen LogP contribution in [0, 0.1) is 28.1 Å². The number of hydrogen-bond acceptors (Lipinski definition) is 3. The molecule has 0 N–H and O–H groups in total. The van der Waals surface area contributed by atoms with Crippen LogP contribution in [0.4, 0.5) is 0 Å². The molecular weight excluding hydrogens is 234 g/mol. The van der Waals surface area contributed by atoms with Gasteiger partial charge in [-0.25, -0.2) is 0 Å². The fourth-order valence-corrected chi connectivity index (χ4v) is 2.73. The summed E-state index contributed by atoms with van der Waals surface area (Å²) < 4.78 is 0. The summed E-state index contributed by atoms with van der Waals surface area (Å²) in [5.41, 5.74) is 1.03. The van der Waals surface area contributed by atoms with Crippen LogP contribution in [0.25, 0.3) is 0 Å². The summed E-state index contributed by atoms with van der Waals surface area (Å²) in [7, 11) is 0.